The van der Waals surface area contributed by atoms with Gasteiger partial charge in [-0.2, -0.15) is 0 Å². The molecule has 1 fully saturated rings. The largest absolute Gasteiger partial charge is 0.385 e. The standard InChI is InChI=1S/C15H24N2O3S/c1-3-16-13-4-6-14(7-5-13)21(18,19)17-12-15(8-9-15)10-11-20-2/h4-7,16-17H,3,8-12H2,1-2H3. The van der Waals surface area contributed by atoms with Gasteiger partial charge in [-0.05, 0) is 55.9 Å². The van der Waals surface area contributed by atoms with Crippen LogP contribution in [0.25, 0.3) is 0 Å². The predicted molar refractivity (Wildman–Crippen MR) is 84.0 cm³/mol. The number of ether oxygens (including phenoxy) is 1. The molecule has 0 amide bonds. The highest BCUT2D eigenvalue weighted by molar-refractivity contribution is 7.89. The lowest BCUT2D eigenvalue weighted by molar-refractivity contribution is 0.173. The average Bonchev–Trinajstić information content (AvgIpc) is 3.25. The second kappa shape index (κ2) is 6.77. The number of nitrogens with one attached hydrogen (secondary N) is 2. The van der Waals surface area contributed by atoms with Crippen molar-refractivity contribution in [3.05, 3.63) is 24.3 Å². The summed E-state index contributed by atoms with van der Waals surface area (Å²) in [5.74, 6) is 0. The Labute approximate surface area is 127 Å². The molecule has 0 aromatic heterocycles. The first-order chi connectivity index (χ1) is 10.0. The van der Waals surface area contributed by atoms with Crippen molar-refractivity contribution < 1.29 is 13.2 Å². The summed E-state index contributed by atoms with van der Waals surface area (Å²) in [6, 6.07) is 6.84. The second-order valence-corrected chi connectivity index (χ2v) is 7.39. The molecule has 0 saturated heterocycles. The molecule has 0 aliphatic heterocycles. The highest BCUT2D eigenvalue weighted by Crippen LogP contribution is 2.48. The molecule has 1 aromatic rings. The van der Waals surface area contributed by atoms with E-state index in [1.165, 1.54) is 0 Å². The lowest BCUT2D eigenvalue weighted by Crippen LogP contribution is -2.30. The molecule has 0 spiro atoms. The Kier molecular flexibility index (Phi) is 5.24. The van der Waals surface area contributed by atoms with Crippen LogP contribution in [0, 0.1) is 5.41 Å². The summed E-state index contributed by atoms with van der Waals surface area (Å²) in [6.07, 6.45) is 3.04. The van der Waals surface area contributed by atoms with Crippen molar-refractivity contribution in [3.8, 4) is 0 Å². The van der Waals surface area contributed by atoms with E-state index in [-0.39, 0.29) is 5.41 Å². The molecule has 1 aromatic carbocycles. The maximum absolute atomic E-state index is 12.3. The predicted octanol–water partition coefficient (Wildman–Crippen LogP) is 2.21. The van der Waals surface area contributed by atoms with Crippen LogP contribution in [0.1, 0.15) is 26.2 Å². The number of benzene rings is 1. The Balaban J connectivity index is 1.95. The molecule has 118 valence electrons. The highest BCUT2D eigenvalue weighted by Gasteiger charge is 2.42. The molecule has 6 heteroatoms. The van der Waals surface area contributed by atoms with Crippen LogP contribution in [0.2, 0.25) is 0 Å². The number of sulfonamides is 1. The van der Waals surface area contributed by atoms with E-state index in [1.807, 2.05) is 6.92 Å². The van der Waals surface area contributed by atoms with Gasteiger partial charge in [-0.3, -0.25) is 0 Å². The number of anilines is 1. The Hall–Kier alpha value is -1.11. The van der Waals surface area contributed by atoms with Crippen molar-refractivity contribution in [2.75, 3.05) is 32.1 Å². The minimum atomic E-state index is -3.43. The van der Waals surface area contributed by atoms with Crippen molar-refractivity contribution in [2.45, 2.75) is 31.1 Å². The van der Waals surface area contributed by atoms with Crippen molar-refractivity contribution in [1.82, 2.24) is 4.72 Å². The third kappa shape index (κ3) is 4.43. The van der Waals surface area contributed by atoms with Gasteiger partial charge in [0.05, 0.1) is 4.90 Å². The summed E-state index contributed by atoms with van der Waals surface area (Å²) in [5.41, 5.74) is 1.03. The number of rotatable bonds is 9. The first kappa shape index (κ1) is 16.3. The Morgan fingerprint density at radius 1 is 1.24 bits per heavy atom. The van der Waals surface area contributed by atoms with Gasteiger partial charge in [0.25, 0.3) is 0 Å². The number of hydrogen-bond donors (Lipinski definition) is 2. The van der Waals surface area contributed by atoms with Crippen LogP contribution in [0.3, 0.4) is 0 Å². The van der Waals surface area contributed by atoms with Gasteiger partial charge in [0.15, 0.2) is 0 Å². The summed E-state index contributed by atoms with van der Waals surface area (Å²) in [5, 5.41) is 3.15. The molecule has 1 aliphatic rings. The number of methoxy groups -OCH3 is 1. The van der Waals surface area contributed by atoms with Crippen molar-refractivity contribution in [1.29, 1.82) is 0 Å². The van der Waals surface area contributed by atoms with E-state index in [9.17, 15) is 8.42 Å². The zero-order valence-electron chi connectivity index (χ0n) is 12.7. The quantitative estimate of drug-likeness (QED) is 0.733. The van der Waals surface area contributed by atoms with E-state index in [0.29, 0.717) is 18.0 Å². The molecule has 2 rings (SSSR count). The van der Waals surface area contributed by atoms with Crippen LogP contribution in [0.4, 0.5) is 5.69 Å². The van der Waals surface area contributed by atoms with Crippen molar-refractivity contribution in [3.63, 3.8) is 0 Å². The van der Waals surface area contributed by atoms with Gasteiger partial charge in [0.2, 0.25) is 10.0 Å². The summed E-state index contributed by atoms with van der Waals surface area (Å²) >= 11 is 0. The van der Waals surface area contributed by atoms with Gasteiger partial charge in [0.1, 0.15) is 0 Å². The first-order valence-electron chi connectivity index (χ1n) is 7.34. The highest BCUT2D eigenvalue weighted by atomic mass is 32.2. The molecule has 0 bridgehead atoms. The third-order valence-electron chi connectivity index (χ3n) is 3.98. The topological polar surface area (TPSA) is 67.4 Å². The van der Waals surface area contributed by atoms with Gasteiger partial charge < -0.3 is 10.1 Å². The first-order valence-corrected chi connectivity index (χ1v) is 8.82. The lowest BCUT2D eigenvalue weighted by Gasteiger charge is -2.15. The molecule has 21 heavy (non-hydrogen) atoms. The molecule has 0 radical (unpaired) electrons. The van der Waals surface area contributed by atoms with Crippen LogP contribution in [-0.4, -0.2) is 35.2 Å². The van der Waals surface area contributed by atoms with Crippen LogP contribution < -0.4 is 10.0 Å². The molecule has 1 saturated carbocycles. The average molecular weight is 312 g/mol. The number of hydrogen-bond acceptors (Lipinski definition) is 4. The second-order valence-electron chi connectivity index (χ2n) is 5.62. The molecular weight excluding hydrogens is 288 g/mol. The van der Waals surface area contributed by atoms with E-state index in [2.05, 4.69) is 10.0 Å². The molecular formula is C15H24N2O3S. The van der Waals surface area contributed by atoms with Crippen LogP contribution in [0.15, 0.2) is 29.2 Å². The van der Waals surface area contributed by atoms with E-state index in [4.69, 9.17) is 4.74 Å². The van der Waals surface area contributed by atoms with Gasteiger partial charge in [0, 0.05) is 32.5 Å². The maximum atomic E-state index is 12.3. The van der Waals surface area contributed by atoms with E-state index in [1.54, 1.807) is 31.4 Å². The van der Waals surface area contributed by atoms with E-state index in [0.717, 1.165) is 31.5 Å². The van der Waals surface area contributed by atoms with Crippen LogP contribution >= 0.6 is 0 Å². The van der Waals surface area contributed by atoms with E-state index < -0.39 is 10.0 Å². The molecule has 0 atom stereocenters. The summed E-state index contributed by atoms with van der Waals surface area (Å²) in [4.78, 5) is 0.312. The fourth-order valence-electron chi connectivity index (χ4n) is 2.30. The minimum absolute atomic E-state index is 0.104. The zero-order valence-corrected chi connectivity index (χ0v) is 13.5. The molecule has 0 heterocycles. The lowest BCUT2D eigenvalue weighted by atomic mass is 10.0. The van der Waals surface area contributed by atoms with Crippen molar-refractivity contribution in [2.24, 2.45) is 5.41 Å². The van der Waals surface area contributed by atoms with Gasteiger partial charge in [-0.25, -0.2) is 13.1 Å². The SMILES string of the molecule is CCNc1ccc(S(=O)(=O)NCC2(CCOC)CC2)cc1. The Morgan fingerprint density at radius 2 is 1.90 bits per heavy atom. The smallest absolute Gasteiger partial charge is 0.240 e. The maximum Gasteiger partial charge on any atom is 0.240 e. The van der Waals surface area contributed by atoms with Gasteiger partial charge in [-0.15, -0.1) is 0 Å². The van der Waals surface area contributed by atoms with Gasteiger partial charge >= 0.3 is 0 Å². The fourth-order valence-corrected chi connectivity index (χ4v) is 3.46. The summed E-state index contributed by atoms with van der Waals surface area (Å²) in [7, 11) is -1.76. The summed E-state index contributed by atoms with van der Waals surface area (Å²) < 4.78 is 32.4. The normalized spacial score (nSPS) is 16.7. The summed E-state index contributed by atoms with van der Waals surface area (Å²) in [6.45, 7) is 3.99. The monoisotopic (exact) mass is 312 g/mol. The zero-order chi connectivity index (χ0) is 15.3. The molecule has 5 nitrogen and oxygen atoms in total. The Bertz CT molecular complexity index is 551. The van der Waals surface area contributed by atoms with Gasteiger partial charge in [-0.1, -0.05) is 0 Å². The minimum Gasteiger partial charge on any atom is -0.385 e. The third-order valence-corrected chi connectivity index (χ3v) is 5.39. The fraction of sp³-hybridized carbons (Fsp3) is 0.600. The van der Waals surface area contributed by atoms with Crippen LogP contribution in [0.5, 0.6) is 0 Å². The molecule has 2 N–H and O–H groups in total. The Morgan fingerprint density at radius 3 is 2.43 bits per heavy atom. The van der Waals surface area contributed by atoms with Crippen LogP contribution in [-0.2, 0) is 14.8 Å². The van der Waals surface area contributed by atoms with Crippen molar-refractivity contribution >= 4 is 15.7 Å². The van der Waals surface area contributed by atoms with E-state index >= 15 is 0 Å². The molecule has 0 unspecified atom stereocenters. The molecule has 1 aliphatic carbocycles.